The minimum absolute atomic E-state index is 0.0545. The normalized spacial score (nSPS) is 21.1. The average molecular weight is 389 g/mol. The van der Waals surface area contributed by atoms with E-state index in [0.29, 0.717) is 26.2 Å². The Hall–Kier alpha value is -2.12. The van der Waals surface area contributed by atoms with E-state index in [1.807, 2.05) is 28.0 Å². The lowest BCUT2D eigenvalue weighted by Crippen LogP contribution is -2.44. The summed E-state index contributed by atoms with van der Waals surface area (Å²) in [5.74, 6) is 0.200. The maximum absolute atomic E-state index is 12.7. The molecule has 2 saturated heterocycles. The van der Waals surface area contributed by atoms with Crippen LogP contribution in [0.5, 0.6) is 0 Å². The largest absolute Gasteiger partial charge is 0.383 e. The topological polar surface area (TPSA) is 65.1 Å². The van der Waals surface area contributed by atoms with Crippen molar-refractivity contribution in [1.82, 2.24) is 14.7 Å². The monoisotopic (exact) mass is 388 g/mol. The molecule has 1 N–H and O–H groups in total. The van der Waals surface area contributed by atoms with E-state index in [4.69, 9.17) is 4.74 Å². The van der Waals surface area contributed by atoms with E-state index in [1.54, 1.807) is 7.11 Å². The lowest BCUT2D eigenvalue weighted by Gasteiger charge is -2.26. The van der Waals surface area contributed by atoms with Crippen LogP contribution < -0.4 is 5.32 Å². The molecule has 154 valence electrons. The van der Waals surface area contributed by atoms with Crippen molar-refractivity contribution in [3.8, 4) is 0 Å². The predicted octanol–water partition coefficient (Wildman–Crippen LogP) is 2.04. The average Bonchev–Trinajstić information content (AvgIpc) is 2.91. The van der Waals surface area contributed by atoms with Gasteiger partial charge in [0.2, 0.25) is 5.91 Å². The molecule has 1 atom stereocenters. The summed E-state index contributed by atoms with van der Waals surface area (Å²) in [7, 11) is 1.66. The fourth-order valence-electron chi connectivity index (χ4n) is 4.01. The van der Waals surface area contributed by atoms with Crippen molar-refractivity contribution in [1.29, 1.82) is 0 Å². The predicted molar refractivity (Wildman–Crippen MR) is 109 cm³/mol. The van der Waals surface area contributed by atoms with Gasteiger partial charge in [-0.2, -0.15) is 0 Å². The van der Waals surface area contributed by atoms with E-state index >= 15 is 0 Å². The van der Waals surface area contributed by atoms with Crippen molar-refractivity contribution in [2.24, 2.45) is 0 Å². The number of anilines is 1. The molecule has 7 nitrogen and oxygen atoms in total. The van der Waals surface area contributed by atoms with E-state index < -0.39 is 0 Å². The van der Waals surface area contributed by atoms with Gasteiger partial charge in [0.15, 0.2) is 0 Å². The van der Waals surface area contributed by atoms with Crippen LogP contribution in [0.15, 0.2) is 24.3 Å². The van der Waals surface area contributed by atoms with Crippen molar-refractivity contribution in [3.63, 3.8) is 0 Å². The quantitative estimate of drug-likeness (QED) is 0.810. The van der Waals surface area contributed by atoms with E-state index in [0.717, 1.165) is 44.6 Å². The molecule has 0 radical (unpaired) electrons. The zero-order valence-corrected chi connectivity index (χ0v) is 17.0. The molecule has 1 unspecified atom stereocenters. The number of likely N-dealkylation sites (tertiary alicyclic amines) is 1. The van der Waals surface area contributed by atoms with Crippen LogP contribution in [-0.4, -0.2) is 85.7 Å². The fourth-order valence-corrected chi connectivity index (χ4v) is 4.01. The van der Waals surface area contributed by atoms with E-state index in [2.05, 4.69) is 23.2 Å². The van der Waals surface area contributed by atoms with Gasteiger partial charge in [-0.3, -0.25) is 9.69 Å². The van der Waals surface area contributed by atoms with Crippen molar-refractivity contribution >= 4 is 17.6 Å². The van der Waals surface area contributed by atoms with Crippen molar-refractivity contribution in [2.75, 3.05) is 58.3 Å². The first-order valence-electron chi connectivity index (χ1n) is 10.3. The molecule has 0 saturated carbocycles. The summed E-state index contributed by atoms with van der Waals surface area (Å²) < 4.78 is 5.10. The third-order valence-corrected chi connectivity index (χ3v) is 5.68. The van der Waals surface area contributed by atoms with Crippen LogP contribution >= 0.6 is 0 Å². The highest BCUT2D eigenvalue weighted by Crippen LogP contribution is 2.19. The van der Waals surface area contributed by atoms with Crippen molar-refractivity contribution < 1.29 is 14.3 Å². The first-order valence-corrected chi connectivity index (χ1v) is 10.3. The lowest BCUT2D eigenvalue weighted by molar-refractivity contribution is -0.132. The van der Waals surface area contributed by atoms with Crippen LogP contribution in [0.4, 0.5) is 10.5 Å². The van der Waals surface area contributed by atoms with Crippen LogP contribution in [-0.2, 0) is 16.0 Å². The van der Waals surface area contributed by atoms with E-state index in [9.17, 15) is 9.59 Å². The Bertz CT molecular complexity index is 681. The molecule has 0 aliphatic carbocycles. The fraction of sp³-hybridized carbons (Fsp3) is 0.619. The Balaban J connectivity index is 1.53. The molecule has 28 heavy (non-hydrogen) atoms. The van der Waals surface area contributed by atoms with Gasteiger partial charge in [0.25, 0.3) is 0 Å². The number of urea groups is 1. The van der Waals surface area contributed by atoms with Gasteiger partial charge in [-0.15, -0.1) is 0 Å². The number of hydrogen-bond acceptors (Lipinski definition) is 4. The third-order valence-electron chi connectivity index (χ3n) is 5.68. The smallest absolute Gasteiger partial charge is 0.321 e. The Morgan fingerprint density at radius 1 is 1.21 bits per heavy atom. The summed E-state index contributed by atoms with van der Waals surface area (Å²) >= 11 is 0. The van der Waals surface area contributed by atoms with Crippen LogP contribution in [0.25, 0.3) is 0 Å². The molecule has 7 heteroatoms. The van der Waals surface area contributed by atoms with Gasteiger partial charge in [-0.1, -0.05) is 19.1 Å². The Labute approximate surface area is 167 Å². The Kier molecular flexibility index (Phi) is 7.28. The molecule has 2 heterocycles. The van der Waals surface area contributed by atoms with E-state index in [-0.39, 0.29) is 18.0 Å². The molecule has 3 rings (SSSR count). The number of nitrogens with zero attached hydrogens (tertiary/aromatic N) is 3. The molecule has 0 aromatic heterocycles. The van der Waals surface area contributed by atoms with Crippen molar-refractivity contribution in [3.05, 3.63) is 29.8 Å². The number of hydrogen-bond donors (Lipinski definition) is 1. The molecule has 0 bridgehead atoms. The summed E-state index contributed by atoms with van der Waals surface area (Å²) in [5.41, 5.74) is 2.04. The molecular weight excluding hydrogens is 356 g/mol. The highest BCUT2D eigenvalue weighted by molar-refractivity contribution is 5.89. The van der Waals surface area contributed by atoms with Gasteiger partial charge in [0.1, 0.15) is 0 Å². The molecule has 3 amide bonds. The van der Waals surface area contributed by atoms with Crippen LogP contribution in [0.1, 0.15) is 25.3 Å². The number of carbonyl (C=O) groups is 2. The summed E-state index contributed by atoms with van der Waals surface area (Å²) in [6, 6.07) is 7.87. The maximum Gasteiger partial charge on any atom is 0.321 e. The molecule has 0 spiro atoms. The van der Waals surface area contributed by atoms with Gasteiger partial charge in [0, 0.05) is 52.1 Å². The number of methoxy groups -OCH3 is 1. The summed E-state index contributed by atoms with van der Waals surface area (Å²) in [6.07, 6.45) is 2.68. The van der Waals surface area contributed by atoms with E-state index in [1.165, 1.54) is 5.56 Å². The second-order valence-corrected chi connectivity index (χ2v) is 7.48. The molecule has 1 aromatic carbocycles. The first-order chi connectivity index (χ1) is 13.6. The Morgan fingerprint density at radius 3 is 2.86 bits per heavy atom. The second-order valence-electron chi connectivity index (χ2n) is 7.48. The maximum atomic E-state index is 12.7. The van der Waals surface area contributed by atoms with Gasteiger partial charge < -0.3 is 19.9 Å². The van der Waals surface area contributed by atoms with Crippen LogP contribution in [0, 0.1) is 0 Å². The van der Waals surface area contributed by atoms with Crippen LogP contribution in [0.2, 0.25) is 0 Å². The van der Waals surface area contributed by atoms with Crippen molar-refractivity contribution in [2.45, 2.75) is 32.2 Å². The molecule has 1 aromatic rings. The highest BCUT2D eigenvalue weighted by Gasteiger charge is 2.36. The second kappa shape index (κ2) is 9.89. The number of benzene rings is 1. The molecule has 2 aliphatic heterocycles. The highest BCUT2D eigenvalue weighted by atomic mass is 16.5. The number of carbonyl (C=O) groups excluding carboxylic acids is 2. The zero-order chi connectivity index (χ0) is 19.9. The minimum Gasteiger partial charge on any atom is -0.383 e. The molecule has 2 fully saturated rings. The first kappa shape index (κ1) is 20.6. The third kappa shape index (κ3) is 5.02. The zero-order valence-electron chi connectivity index (χ0n) is 17.0. The minimum atomic E-state index is -0.0606. The summed E-state index contributed by atoms with van der Waals surface area (Å²) in [5, 5.41) is 3.02. The summed E-state index contributed by atoms with van der Waals surface area (Å²) in [6.45, 7) is 7.06. The number of ether oxygens (including phenoxy) is 1. The standard InChI is InChI=1S/C21H32N4O3/c1-3-17-6-4-7-18(16-17)22-21(27)25-10-5-9-23(12-13-25)19-8-11-24(20(19)26)14-15-28-2/h4,6-7,16,19H,3,5,8-15H2,1-2H3,(H,22,27). The molecule has 2 aliphatic rings. The Morgan fingerprint density at radius 2 is 2.07 bits per heavy atom. The number of nitrogens with one attached hydrogen (secondary N) is 1. The SMILES string of the molecule is CCc1cccc(NC(=O)N2CCCN(C3CCN(CCOC)C3=O)CC2)c1. The summed E-state index contributed by atoms with van der Waals surface area (Å²) in [4.78, 5) is 31.4. The number of amides is 3. The number of rotatable bonds is 6. The van der Waals surface area contributed by atoms with Gasteiger partial charge in [-0.25, -0.2) is 4.79 Å². The van der Waals surface area contributed by atoms with Gasteiger partial charge >= 0.3 is 6.03 Å². The molecular formula is C21H32N4O3. The van der Waals surface area contributed by atoms with Crippen LogP contribution in [0.3, 0.4) is 0 Å². The van der Waals surface area contributed by atoms with Gasteiger partial charge in [-0.05, 0) is 37.0 Å². The number of aryl methyl sites for hydroxylation is 1. The lowest BCUT2D eigenvalue weighted by atomic mass is 10.1. The van der Waals surface area contributed by atoms with Gasteiger partial charge in [0.05, 0.1) is 12.6 Å².